The van der Waals surface area contributed by atoms with E-state index in [0.29, 0.717) is 11.4 Å². The third kappa shape index (κ3) is 3.53. The number of urea groups is 1. The third-order valence-corrected chi connectivity index (χ3v) is 2.31. The van der Waals surface area contributed by atoms with Crippen molar-refractivity contribution in [1.29, 1.82) is 0 Å². The van der Waals surface area contributed by atoms with Crippen LogP contribution in [-0.4, -0.2) is 22.1 Å². The third-order valence-electron chi connectivity index (χ3n) is 2.31. The van der Waals surface area contributed by atoms with Gasteiger partial charge in [0.05, 0.1) is 17.4 Å². The molecule has 1 heterocycles. The molecule has 96 valence electrons. The van der Waals surface area contributed by atoms with Gasteiger partial charge < -0.3 is 15.7 Å². The van der Waals surface area contributed by atoms with Crippen molar-refractivity contribution in [3.63, 3.8) is 0 Å². The van der Waals surface area contributed by atoms with Gasteiger partial charge >= 0.3 is 12.0 Å². The highest BCUT2D eigenvalue weighted by Crippen LogP contribution is 2.10. The van der Waals surface area contributed by atoms with E-state index in [1.807, 2.05) is 0 Å². The maximum Gasteiger partial charge on any atom is 0.335 e. The molecule has 0 spiro atoms. The van der Waals surface area contributed by atoms with Gasteiger partial charge in [-0.2, -0.15) is 0 Å². The number of nitrogens with zero attached hydrogens (tertiary/aromatic N) is 1. The van der Waals surface area contributed by atoms with Gasteiger partial charge in [0, 0.05) is 11.9 Å². The number of nitrogens with one attached hydrogen (secondary N) is 2. The van der Waals surface area contributed by atoms with Crippen molar-refractivity contribution in [3.8, 4) is 0 Å². The van der Waals surface area contributed by atoms with E-state index < -0.39 is 12.0 Å². The molecule has 1 aromatic heterocycles. The lowest BCUT2D eigenvalue weighted by atomic mass is 10.2. The second-order valence-electron chi connectivity index (χ2n) is 3.70. The van der Waals surface area contributed by atoms with E-state index >= 15 is 0 Å². The van der Waals surface area contributed by atoms with Crippen molar-refractivity contribution in [1.82, 2.24) is 4.98 Å². The van der Waals surface area contributed by atoms with Gasteiger partial charge in [-0.1, -0.05) is 0 Å². The molecule has 3 N–H and O–H groups in total. The maximum absolute atomic E-state index is 11.6. The van der Waals surface area contributed by atoms with E-state index in [0.717, 1.165) is 0 Å². The standard InChI is InChI=1S/C13H11N3O3/c17-12(18)9-3-5-10(6-4-9)15-13(19)16-11-2-1-7-14-8-11/h1-8H,(H,17,18)(H2,15,16,19). The summed E-state index contributed by atoms with van der Waals surface area (Å²) in [6.07, 6.45) is 3.13. The summed E-state index contributed by atoms with van der Waals surface area (Å²) < 4.78 is 0. The second-order valence-corrected chi connectivity index (χ2v) is 3.70. The zero-order chi connectivity index (χ0) is 13.7. The molecular formula is C13H11N3O3. The highest BCUT2D eigenvalue weighted by Gasteiger charge is 2.04. The van der Waals surface area contributed by atoms with Crippen LogP contribution in [0, 0.1) is 0 Å². The van der Waals surface area contributed by atoms with Gasteiger partial charge in [-0.25, -0.2) is 9.59 Å². The summed E-state index contributed by atoms with van der Waals surface area (Å²) in [5.41, 5.74) is 1.24. The van der Waals surface area contributed by atoms with Crippen molar-refractivity contribution in [2.75, 3.05) is 10.6 Å². The smallest absolute Gasteiger partial charge is 0.335 e. The number of aromatic nitrogens is 1. The number of carboxylic acids is 1. The van der Waals surface area contributed by atoms with Crippen molar-refractivity contribution >= 4 is 23.4 Å². The van der Waals surface area contributed by atoms with Gasteiger partial charge in [0.15, 0.2) is 0 Å². The monoisotopic (exact) mass is 257 g/mol. The molecule has 0 radical (unpaired) electrons. The Bertz CT molecular complexity index is 582. The number of carbonyl (C=O) groups excluding carboxylic acids is 1. The van der Waals surface area contributed by atoms with E-state index in [4.69, 9.17) is 5.11 Å². The Balaban J connectivity index is 1.97. The van der Waals surface area contributed by atoms with Crippen LogP contribution in [0.15, 0.2) is 48.8 Å². The van der Waals surface area contributed by atoms with Crippen LogP contribution in [0.5, 0.6) is 0 Å². The lowest BCUT2D eigenvalue weighted by Crippen LogP contribution is -2.19. The predicted octanol–water partition coefficient (Wildman–Crippen LogP) is 2.42. The van der Waals surface area contributed by atoms with E-state index in [2.05, 4.69) is 15.6 Å². The molecule has 2 aromatic rings. The lowest BCUT2D eigenvalue weighted by molar-refractivity contribution is 0.0697. The Morgan fingerprint density at radius 2 is 1.68 bits per heavy atom. The van der Waals surface area contributed by atoms with E-state index in [1.54, 1.807) is 18.3 Å². The normalized spacial score (nSPS) is 9.68. The summed E-state index contributed by atoms with van der Waals surface area (Å²) in [5.74, 6) is -1.01. The van der Waals surface area contributed by atoms with Gasteiger partial charge in [-0.3, -0.25) is 4.98 Å². The number of anilines is 2. The van der Waals surface area contributed by atoms with Gasteiger partial charge in [0.2, 0.25) is 0 Å². The van der Waals surface area contributed by atoms with Crippen LogP contribution >= 0.6 is 0 Å². The lowest BCUT2D eigenvalue weighted by Gasteiger charge is -2.07. The Morgan fingerprint density at radius 3 is 2.26 bits per heavy atom. The first-order valence-corrected chi connectivity index (χ1v) is 5.46. The fourth-order valence-electron chi connectivity index (χ4n) is 1.43. The first-order chi connectivity index (χ1) is 9.15. The minimum absolute atomic E-state index is 0.165. The van der Waals surface area contributed by atoms with Crippen molar-refractivity contribution in [3.05, 3.63) is 54.4 Å². The van der Waals surface area contributed by atoms with Crippen LogP contribution in [0.4, 0.5) is 16.2 Å². The average Bonchev–Trinajstić information content (AvgIpc) is 2.40. The molecule has 0 atom stereocenters. The fourth-order valence-corrected chi connectivity index (χ4v) is 1.43. The molecule has 0 aliphatic rings. The molecule has 0 aliphatic heterocycles. The number of pyridine rings is 1. The van der Waals surface area contributed by atoms with Gasteiger partial charge in [0.1, 0.15) is 0 Å². The van der Waals surface area contributed by atoms with E-state index in [-0.39, 0.29) is 5.56 Å². The Labute approximate surface area is 109 Å². The number of hydrogen-bond acceptors (Lipinski definition) is 3. The first kappa shape index (κ1) is 12.6. The zero-order valence-electron chi connectivity index (χ0n) is 9.83. The highest BCUT2D eigenvalue weighted by molar-refractivity contribution is 5.99. The minimum Gasteiger partial charge on any atom is -0.478 e. The van der Waals surface area contributed by atoms with Crippen LogP contribution in [0.1, 0.15) is 10.4 Å². The maximum atomic E-state index is 11.6. The average molecular weight is 257 g/mol. The number of aromatic carboxylic acids is 1. The number of benzene rings is 1. The summed E-state index contributed by atoms with van der Waals surface area (Å²) >= 11 is 0. The quantitative estimate of drug-likeness (QED) is 0.787. The van der Waals surface area contributed by atoms with Crippen LogP contribution in [0.2, 0.25) is 0 Å². The van der Waals surface area contributed by atoms with Crippen LogP contribution < -0.4 is 10.6 Å². The molecule has 0 unspecified atom stereocenters. The molecule has 0 saturated heterocycles. The Kier molecular flexibility index (Phi) is 3.72. The summed E-state index contributed by atoms with van der Waals surface area (Å²) in [4.78, 5) is 26.2. The molecular weight excluding hydrogens is 246 g/mol. The highest BCUT2D eigenvalue weighted by atomic mass is 16.4. The number of carboxylic acid groups (broad SMARTS) is 1. The molecule has 0 bridgehead atoms. The summed E-state index contributed by atoms with van der Waals surface area (Å²) in [7, 11) is 0. The largest absolute Gasteiger partial charge is 0.478 e. The van der Waals surface area contributed by atoms with Crippen LogP contribution in [0.3, 0.4) is 0 Å². The number of rotatable bonds is 3. The number of carbonyl (C=O) groups is 2. The first-order valence-electron chi connectivity index (χ1n) is 5.46. The molecule has 19 heavy (non-hydrogen) atoms. The molecule has 0 aliphatic carbocycles. The zero-order valence-corrected chi connectivity index (χ0v) is 9.83. The summed E-state index contributed by atoms with van der Waals surface area (Å²) in [6.45, 7) is 0. The summed E-state index contributed by atoms with van der Waals surface area (Å²) in [5, 5.41) is 13.9. The van der Waals surface area contributed by atoms with Crippen molar-refractivity contribution in [2.45, 2.75) is 0 Å². The predicted molar refractivity (Wildman–Crippen MR) is 70.3 cm³/mol. The fraction of sp³-hybridized carbons (Fsp3) is 0. The number of amides is 2. The summed E-state index contributed by atoms with van der Waals surface area (Å²) in [6, 6.07) is 8.87. The molecule has 0 fully saturated rings. The van der Waals surface area contributed by atoms with E-state index in [9.17, 15) is 9.59 Å². The Hall–Kier alpha value is -2.89. The molecule has 2 amide bonds. The second kappa shape index (κ2) is 5.63. The minimum atomic E-state index is -1.01. The topological polar surface area (TPSA) is 91.3 Å². The Morgan fingerprint density at radius 1 is 1.00 bits per heavy atom. The van der Waals surface area contributed by atoms with Crippen molar-refractivity contribution < 1.29 is 14.7 Å². The van der Waals surface area contributed by atoms with E-state index in [1.165, 1.54) is 30.5 Å². The molecule has 6 heteroatoms. The van der Waals surface area contributed by atoms with Crippen LogP contribution in [0.25, 0.3) is 0 Å². The van der Waals surface area contributed by atoms with Gasteiger partial charge in [-0.15, -0.1) is 0 Å². The molecule has 2 rings (SSSR count). The van der Waals surface area contributed by atoms with Gasteiger partial charge in [0.25, 0.3) is 0 Å². The molecule has 0 saturated carbocycles. The van der Waals surface area contributed by atoms with Crippen LogP contribution in [-0.2, 0) is 0 Å². The van der Waals surface area contributed by atoms with Crippen molar-refractivity contribution in [2.24, 2.45) is 0 Å². The van der Waals surface area contributed by atoms with Gasteiger partial charge in [-0.05, 0) is 36.4 Å². The number of hydrogen-bond donors (Lipinski definition) is 3. The molecule has 1 aromatic carbocycles. The molecule has 6 nitrogen and oxygen atoms in total. The SMILES string of the molecule is O=C(Nc1ccc(C(=O)O)cc1)Nc1cccnc1.